The molecule has 1 heterocycles. The van der Waals surface area contributed by atoms with Crippen LogP contribution in [0.1, 0.15) is 51.9 Å². The molecular formula is C14H28N2O3S. The van der Waals surface area contributed by atoms with E-state index in [-0.39, 0.29) is 23.5 Å². The van der Waals surface area contributed by atoms with Gasteiger partial charge in [0.2, 0.25) is 5.91 Å². The van der Waals surface area contributed by atoms with Crippen molar-refractivity contribution in [1.82, 2.24) is 4.90 Å². The van der Waals surface area contributed by atoms with Crippen molar-refractivity contribution in [2.24, 2.45) is 5.73 Å². The van der Waals surface area contributed by atoms with Crippen LogP contribution in [0.4, 0.5) is 0 Å². The molecule has 0 aromatic heterocycles. The Hall–Kier alpha value is -0.620. The lowest BCUT2D eigenvalue weighted by Crippen LogP contribution is -2.41. The summed E-state index contributed by atoms with van der Waals surface area (Å²) in [7, 11) is -2.94. The number of hydrogen-bond acceptors (Lipinski definition) is 4. The van der Waals surface area contributed by atoms with Crippen molar-refractivity contribution in [2.75, 3.05) is 24.6 Å². The van der Waals surface area contributed by atoms with Gasteiger partial charge in [-0.2, -0.15) is 0 Å². The minimum atomic E-state index is -2.94. The number of hydrogen-bond donors (Lipinski definition) is 1. The standard InChI is InChI=1S/C14H28N2O3S/c1-2-3-10-16(13-8-11-20(18,19)12-13)14(17)7-5-4-6-9-15/h13H,2-12,15H2,1H3. The van der Waals surface area contributed by atoms with Gasteiger partial charge in [-0.25, -0.2) is 8.42 Å². The normalized spacial score (nSPS) is 21.0. The zero-order valence-electron chi connectivity index (χ0n) is 12.5. The molecule has 1 amide bonds. The van der Waals surface area contributed by atoms with Gasteiger partial charge in [-0.15, -0.1) is 0 Å². The fraction of sp³-hybridized carbons (Fsp3) is 0.929. The van der Waals surface area contributed by atoms with E-state index in [1.54, 1.807) is 0 Å². The van der Waals surface area contributed by atoms with Crippen molar-refractivity contribution < 1.29 is 13.2 Å². The molecule has 1 atom stereocenters. The summed E-state index contributed by atoms with van der Waals surface area (Å²) in [5, 5.41) is 0. The summed E-state index contributed by atoms with van der Waals surface area (Å²) in [6, 6.07) is -0.103. The van der Waals surface area contributed by atoms with Crippen molar-refractivity contribution in [2.45, 2.75) is 57.9 Å². The summed E-state index contributed by atoms with van der Waals surface area (Å²) >= 11 is 0. The quantitative estimate of drug-likeness (QED) is 0.651. The van der Waals surface area contributed by atoms with E-state index in [0.29, 0.717) is 25.9 Å². The molecule has 1 aliphatic rings. The summed E-state index contributed by atoms with van der Waals surface area (Å²) in [6.07, 6.45) is 5.81. The molecule has 0 saturated carbocycles. The Morgan fingerprint density at radius 1 is 1.25 bits per heavy atom. The first-order valence-corrected chi connectivity index (χ1v) is 9.52. The van der Waals surface area contributed by atoms with Gasteiger partial charge in [0.05, 0.1) is 11.5 Å². The summed E-state index contributed by atoms with van der Waals surface area (Å²) in [4.78, 5) is 14.1. The number of carbonyl (C=O) groups is 1. The first-order valence-electron chi connectivity index (χ1n) is 7.70. The van der Waals surface area contributed by atoms with Gasteiger partial charge in [0.15, 0.2) is 9.84 Å². The second kappa shape index (κ2) is 8.62. The Kier molecular flexibility index (Phi) is 7.51. The Morgan fingerprint density at radius 2 is 2.00 bits per heavy atom. The van der Waals surface area contributed by atoms with E-state index in [1.807, 2.05) is 4.90 Å². The largest absolute Gasteiger partial charge is 0.339 e. The minimum Gasteiger partial charge on any atom is -0.339 e. The molecule has 1 rings (SSSR count). The topological polar surface area (TPSA) is 80.5 Å². The molecule has 1 fully saturated rings. The molecule has 20 heavy (non-hydrogen) atoms. The van der Waals surface area contributed by atoms with Gasteiger partial charge in [0.1, 0.15) is 0 Å². The summed E-state index contributed by atoms with van der Waals surface area (Å²) < 4.78 is 23.2. The van der Waals surface area contributed by atoms with E-state index in [4.69, 9.17) is 5.73 Å². The number of unbranched alkanes of at least 4 members (excludes halogenated alkanes) is 3. The second-order valence-corrected chi connectivity index (χ2v) is 7.83. The Morgan fingerprint density at radius 3 is 2.55 bits per heavy atom. The van der Waals surface area contributed by atoms with Gasteiger partial charge < -0.3 is 10.6 Å². The molecule has 1 saturated heterocycles. The highest BCUT2D eigenvalue weighted by Crippen LogP contribution is 2.20. The lowest BCUT2D eigenvalue weighted by molar-refractivity contribution is -0.133. The number of sulfone groups is 1. The first-order chi connectivity index (χ1) is 9.50. The molecule has 1 unspecified atom stereocenters. The Labute approximate surface area is 122 Å². The molecular weight excluding hydrogens is 276 g/mol. The highest BCUT2D eigenvalue weighted by atomic mass is 32.2. The zero-order valence-corrected chi connectivity index (χ0v) is 13.3. The number of rotatable bonds is 9. The number of carbonyl (C=O) groups excluding carboxylic acids is 1. The van der Waals surface area contributed by atoms with Crippen molar-refractivity contribution in [3.63, 3.8) is 0 Å². The molecule has 0 aromatic rings. The molecule has 1 aliphatic heterocycles. The van der Waals surface area contributed by atoms with E-state index in [0.717, 1.165) is 32.1 Å². The predicted molar refractivity (Wildman–Crippen MR) is 81.2 cm³/mol. The second-order valence-electron chi connectivity index (χ2n) is 5.60. The Bertz CT molecular complexity index is 395. The predicted octanol–water partition coefficient (Wildman–Crippen LogP) is 1.32. The van der Waals surface area contributed by atoms with Gasteiger partial charge in [0.25, 0.3) is 0 Å². The summed E-state index contributed by atoms with van der Waals surface area (Å²) in [5.74, 6) is 0.476. The van der Waals surface area contributed by atoms with E-state index in [2.05, 4.69) is 6.92 Å². The molecule has 0 radical (unpaired) electrons. The van der Waals surface area contributed by atoms with Gasteiger partial charge in [-0.05, 0) is 32.2 Å². The number of amides is 1. The molecule has 0 spiro atoms. The van der Waals surface area contributed by atoms with Crippen molar-refractivity contribution in [1.29, 1.82) is 0 Å². The molecule has 0 aromatic carbocycles. The van der Waals surface area contributed by atoms with E-state index in [9.17, 15) is 13.2 Å². The molecule has 118 valence electrons. The maximum Gasteiger partial charge on any atom is 0.222 e. The SMILES string of the molecule is CCCCN(C(=O)CCCCCN)C1CCS(=O)(=O)C1. The van der Waals surface area contributed by atoms with Gasteiger partial charge in [-0.3, -0.25) is 4.79 Å². The number of nitrogens with zero attached hydrogens (tertiary/aromatic N) is 1. The van der Waals surface area contributed by atoms with Crippen LogP contribution in [-0.4, -0.2) is 49.9 Å². The third kappa shape index (κ3) is 5.79. The fourth-order valence-corrected chi connectivity index (χ4v) is 4.33. The molecule has 2 N–H and O–H groups in total. The highest BCUT2D eigenvalue weighted by Gasteiger charge is 2.33. The number of nitrogens with two attached hydrogens (primary N) is 1. The monoisotopic (exact) mass is 304 g/mol. The Balaban J connectivity index is 2.52. The van der Waals surface area contributed by atoms with E-state index >= 15 is 0 Å². The summed E-state index contributed by atoms with van der Waals surface area (Å²) in [5.41, 5.74) is 5.44. The van der Waals surface area contributed by atoms with Crippen molar-refractivity contribution >= 4 is 15.7 Å². The maximum absolute atomic E-state index is 12.3. The third-order valence-electron chi connectivity index (χ3n) is 3.82. The van der Waals surface area contributed by atoms with Crippen LogP contribution in [-0.2, 0) is 14.6 Å². The molecule has 0 bridgehead atoms. The van der Waals surface area contributed by atoms with Crippen LogP contribution in [0.25, 0.3) is 0 Å². The molecule has 5 nitrogen and oxygen atoms in total. The zero-order chi connectivity index (χ0) is 15.0. The molecule has 0 aliphatic carbocycles. The third-order valence-corrected chi connectivity index (χ3v) is 5.57. The highest BCUT2D eigenvalue weighted by molar-refractivity contribution is 7.91. The lowest BCUT2D eigenvalue weighted by Gasteiger charge is -2.28. The van der Waals surface area contributed by atoms with Crippen LogP contribution in [0.15, 0.2) is 0 Å². The fourth-order valence-electron chi connectivity index (χ4n) is 2.60. The van der Waals surface area contributed by atoms with Crippen LogP contribution < -0.4 is 5.73 Å². The maximum atomic E-state index is 12.3. The summed E-state index contributed by atoms with van der Waals surface area (Å²) in [6.45, 7) is 3.43. The van der Waals surface area contributed by atoms with Crippen LogP contribution in [0.5, 0.6) is 0 Å². The molecule has 6 heteroatoms. The smallest absolute Gasteiger partial charge is 0.222 e. The van der Waals surface area contributed by atoms with E-state index in [1.165, 1.54) is 0 Å². The van der Waals surface area contributed by atoms with Crippen LogP contribution in [0.3, 0.4) is 0 Å². The van der Waals surface area contributed by atoms with Crippen LogP contribution in [0, 0.1) is 0 Å². The van der Waals surface area contributed by atoms with Gasteiger partial charge in [0, 0.05) is 19.0 Å². The minimum absolute atomic E-state index is 0.103. The van der Waals surface area contributed by atoms with Crippen LogP contribution in [0.2, 0.25) is 0 Å². The lowest BCUT2D eigenvalue weighted by atomic mass is 10.1. The average molecular weight is 304 g/mol. The van der Waals surface area contributed by atoms with E-state index < -0.39 is 9.84 Å². The van der Waals surface area contributed by atoms with Gasteiger partial charge in [-0.1, -0.05) is 19.8 Å². The van der Waals surface area contributed by atoms with Crippen molar-refractivity contribution in [3.8, 4) is 0 Å². The van der Waals surface area contributed by atoms with Crippen LogP contribution >= 0.6 is 0 Å². The average Bonchev–Trinajstić information content (AvgIpc) is 2.75. The first kappa shape index (κ1) is 17.4. The van der Waals surface area contributed by atoms with Crippen molar-refractivity contribution in [3.05, 3.63) is 0 Å². The van der Waals surface area contributed by atoms with Gasteiger partial charge >= 0.3 is 0 Å².